The van der Waals surface area contributed by atoms with Crippen LogP contribution in [-0.2, 0) is 5.54 Å². The Balaban J connectivity index is 2.24. The van der Waals surface area contributed by atoms with Gasteiger partial charge in [0.25, 0.3) is 0 Å². The summed E-state index contributed by atoms with van der Waals surface area (Å²) in [4.78, 5) is 4.96. The van der Waals surface area contributed by atoms with Crippen molar-refractivity contribution in [2.24, 2.45) is 0 Å². The van der Waals surface area contributed by atoms with Gasteiger partial charge in [-0.05, 0) is 39.0 Å². The molecule has 2 nitrogen and oxygen atoms in total. The summed E-state index contributed by atoms with van der Waals surface area (Å²) in [6.45, 7) is 5.86. The van der Waals surface area contributed by atoms with E-state index in [4.69, 9.17) is 0 Å². The normalized spacial score (nSPS) is 20.7. The minimum atomic E-state index is 0.243. The van der Waals surface area contributed by atoms with Crippen LogP contribution in [0.5, 0.6) is 0 Å². The second kappa shape index (κ2) is 5.19. The molecule has 1 aliphatic rings. The lowest BCUT2D eigenvalue weighted by molar-refractivity contribution is 0.0561. The highest BCUT2D eigenvalue weighted by atomic mass is 15.2. The van der Waals surface area contributed by atoms with Crippen molar-refractivity contribution >= 4 is 0 Å². The molecule has 0 spiro atoms. The minimum absolute atomic E-state index is 0.243. The van der Waals surface area contributed by atoms with Gasteiger partial charge in [-0.15, -0.1) is 0 Å². The Bertz CT molecular complexity index is 337. The molecule has 0 aromatic heterocycles. The highest BCUT2D eigenvalue weighted by Crippen LogP contribution is 2.36. The summed E-state index contributed by atoms with van der Waals surface area (Å²) in [5.74, 6) is 0. The summed E-state index contributed by atoms with van der Waals surface area (Å²) >= 11 is 0. The van der Waals surface area contributed by atoms with Gasteiger partial charge in [-0.3, -0.25) is 4.90 Å². The molecule has 0 saturated carbocycles. The molecular formula is C15H24N2. The molecule has 1 heterocycles. The van der Waals surface area contributed by atoms with Crippen molar-refractivity contribution < 1.29 is 0 Å². The Morgan fingerprint density at radius 1 is 1.12 bits per heavy atom. The van der Waals surface area contributed by atoms with Crippen molar-refractivity contribution in [3.05, 3.63) is 35.9 Å². The largest absolute Gasteiger partial charge is 0.303 e. The summed E-state index contributed by atoms with van der Waals surface area (Å²) in [5.41, 5.74) is 1.72. The molecule has 0 amide bonds. The SMILES string of the molecule is CCN1CCC(c2ccccc2)(N(C)C)CC1. The molecule has 0 radical (unpaired) electrons. The lowest BCUT2D eigenvalue weighted by Gasteiger charge is -2.46. The molecule has 2 heteroatoms. The molecule has 0 aliphatic carbocycles. The van der Waals surface area contributed by atoms with E-state index < -0.39 is 0 Å². The Labute approximate surface area is 105 Å². The topological polar surface area (TPSA) is 6.48 Å². The van der Waals surface area contributed by atoms with E-state index >= 15 is 0 Å². The van der Waals surface area contributed by atoms with Gasteiger partial charge in [0.2, 0.25) is 0 Å². The smallest absolute Gasteiger partial charge is 0.0479 e. The van der Waals surface area contributed by atoms with Gasteiger partial charge in [0.1, 0.15) is 0 Å². The van der Waals surface area contributed by atoms with E-state index in [0.29, 0.717) is 0 Å². The van der Waals surface area contributed by atoms with Crippen LogP contribution in [0.1, 0.15) is 25.3 Å². The fraction of sp³-hybridized carbons (Fsp3) is 0.600. The van der Waals surface area contributed by atoms with Gasteiger partial charge in [-0.2, -0.15) is 0 Å². The zero-order valence-electron chi connectivity index (χ0n) is 11.3. The third-order valence-electron chi connectivity index (χ3n) is 4.30. The lowest BCUT2D eigenvalue weighted by Crippen LogP contribution is -2.50. The van der Waals surface area contributed by atoms with Crippen LogP contribution in [0.4, 0.5) is 0 Å². The van der Waals surface area contributed by atoms with Crippen molar-refractivity contribution in [3.63, 3.8) is 0 Å². The Kier molecular flexibility index (Phi) is 3.85. The zero-order chi connectivity index (χ0) is 12.3. The molecule has 17 heavy (non-hydrogen) atoms. The van der Waals surface area contributed by atoms with E-state index in [0.717, 1.165) is 0 Å². The number of benzene rings is 1. The number of rotatable bonds is 3. The van der Waals surface area contributed by atoms with Gasteiger partial charge in [0.15, 0.2) is 0 Å². The van der Waals surface area contributed by atoms with Crippen LogP contribution in [0.3, 0.4) is 0 Å². The summed E-state index contributed by atoms with van der Waals surface area (Å²) in [5, 5.41) is 0. The average Bonchev–Trinajstić information content (AvgIpc) is 2.39. The first-order chi connectivity index (χ1) is 8.19. The van der Waals surface area contributed by atoms with Crippen molar-refractivity contribution in [2.75, 3.05) is 33.7 Å². The third kappa shape index (κ3) is 2.38. The van der Waals surface area contributed by atoms with Gasteiger partial charge in [-0.1, -0.05) is 37.3 Å². The van der Waals surface area contributed by atoms with E-state index in [9.17, 15) is 0 Å². The number of hydrogen-bond acceptors (Lipinski definition) is 2. The fourth-order valence-corrected chi connectivity index (χ4v) is 2.98. The van der Waals surface area contributed by atoms with E-state index in [1.165, 1.54) is 38.0 Å². The van der Waals surface area contributed by atoms with Gasteiger partial charge < -0.3 is 4.90 Å². The van der Waals surface area contributed by atoms with Crippen LogP contribution < -0.4 is 0 Å². The molecule has 1 aromatic rings. The Morgan fingerprint density at radius 3 is 2.18 bits per heavy atom. The van der Waals surface area contributed by atoms with Crippen LogP contribution in [-0.4, -0.2) is 43.5 Å². The predicted molar refractivity (Wildman–Crippen MR) is 73.2 cm³/mol. The summed E-state index contributed by atoms with van der Waals surface area (Å²) in [7, 11) is 4.43. The Hall–Kier alpha value is -0.860. The molecule has 0 N–H and O–H groups in total. The molecule has 2 rings (SSSR count). The molecule has 1 saturated heterocycles. The third-order valence-corrected chi connectivity index (χ3v) is 4.30. The standard InChI is InChI=1S/C15H24N2/c1-4-17-12-10-15(11-13-17,16(2)3)14-8-6-5-7-9-14/h5-9H,4,10-13H2,1-3H3. The first-order valence-corrected chi connectivity index (χ1v) is 6.64. The molecule has 0 unspecified atom stereocenters. The average molecular weight is 232 g/mol. The minimum Gasteiger partial charge on any atom is -0.303 e. The summed E-state index contributed by atoms with van der Waals surface area (Å²) < 4.78 is 0. The highest BCUT2D eigenvalue weighted by molar-refractivity contribution is 5.25. The maximum absolute atomic E-state index is 2.55. The second-order valence-corrected chi connectivity index (χ2v) is 5.23. The molecule has 1 aromatic carbocycles. The van der Waals surface area contributed by atoms with E-state index in [-0.39, 0.29) is 5.54 Å². The van der Waals surface area contributed by atoms with Crippen LogP contribution in [0.25, 0.3) is 0 Å². The molecule has 1 fully saturated rings. The quantitative estimate of drug-likeness (QED) is 0.790. The van der Waals surface area contributed by atoms with Crippen molar-refractivity contribution in [1.29, 1.82) is 0 Å². The summed E-state index contributed by atoms with van der Waals surface area (Å²) in [6, 6.07) is 11.0. The van der Waals surface area contributed by atoms with Crippen molar-refractivity contribution in [2.45, 2.75) is 25.3 Å². The molecule has 0 atom stereocenters. The van der Waals surface area contributed by atoms with Gasteiger partial charge in [0, 0.05) is 18.6 Å². The first-order valence-electron chi connectivity index (χ1n) is 6.64. The fourth-order valence-electron chi connectivity index (χ4n) is 2.98. The van der Waals surface area contributed by atoms with E-state index in [2.05, 4.69) is 61.2 Å². The number of piperidine rings is 1. The predicted octanol–water partition coefficient (Wildman–Crippen LogP) is 2.56. The molecule has 1 aliphatic heterocycles. The monoisotopic (exact) mass is 232 g/mol. The van der Waals surface area contributed by atoms with Crippen molar-refractivity contribution in [1.82, 2.24) is 9.80 Å². The van der Waals surface area contributed by atoms with Gasteiger partial charge in [-0.25, -0.2) is 0 Å². The lowest BCUT2D eigenvalue weighted by atomic mass is 9.80. The van der Waals surface area contributed by atoms with Crippen LogP contribution in [0.2, 0.25) is 0 Å². The Morgan fingerprint density at radius 2 is 1.71 bits per heavy atom. The number of nitrogens with zero attached hydrogens (tertiary/aromatic N) is 2. The highest BCUT2D eigenvalue weighted by Gasteiger charge is 2.37. The number of likely N-dealkylation sites (tertiary alicyclic amines) is 1. The van der Waals surface area contributed by atoms with Crippen LogP contribution in [0.15, 0.2) is 30.3 Å². The van der Waals surface area contributed by atoms with E-state index in [1.54, 1.807) is 0 Å². The van der Waals surface area contributed by atoms with Crippen molar-refractivity contribution in [3.8, 4) is 0 Å². The molecule has 94 valence electrons. The van der Waals surface area contributed by atoms with Crippen LogP contribution >= 0.6 is 0 Å². The van der Waals surface area contributed by atoms with Crippen LogP contribution in [0, 0.1) is 0 Å². The van der Waals surface area contributed by atoms with E-state index in [1.807, 2.05) is 0 Å². The molecule has 0 bridgehead atoms. The maximum atomic E-state index is 2.55. The molecular weight excluding hydrogens is 208 g/mol. The second-order valence-electron chi connectivity index (χ2n) is 5.23. The van der Waals surface area contributed by atoms with Gasteiger partial charge >= 0.3 is 0 Å². The zero-order valence-corrected chi connectivity index (χ0v) is 11.3. The first kappa shape index (κ1) is 12.6. The maximum Gasteiger partial charge on any atom is 0.0479 e. The van der Waals surface area contributed by atoms with Gasteiger partial charge in [0.05, 0.1) is 0 Å². The number of hydrogen-bond donors (Lipinski definition) is 0. The summed E-state index contributed by atoms with van der Waals surface area (Å²) in [6.07, 6.45) is 2.47.